The lowest BCUT2D eigenvalue weighted by Gasteiger charge is -2.17. The van der Waals surface area contributed by atoms with Crippen molar-refractivity contribution < 1.29 is 0 Å². The van der Waals surface area contributed by atoms with Crippen molar-refractivity contribution in [3.63, 3.8) is 0 Å². The quantitative estimate of drug-likeness (QED) is 0.901. The second-order valence-corrected chi connectivity index (χ2v) is 5.76. The van der Waals surface area contributed by atoms with Crippen LogP contribution >= 0.6 is 11.3 Å². The summed E-state index contributed by atoms with van der Waals surface area (Å²) in [5, 5.41) is 3.58. The third-order valence-corrected chi connectivity index (χ3v) is 4.25. The number of nitrogens with one attached hydrogen (secondary N) is 1. The van der Waals surface area contributed by atoms with Crippen LogP contribution in [0.4, 0.5) is 0 Å². The Morgan fingerprint density at radius 2 is 2.06 bits per heavy atom. The van der Waals surface area contributed by atoms with Crippen LogP contribution in [0.1, 0.15) is 40.2 Å². The van der Waals surface area contributed by atoms with Crippen LogP contribution < -0.4 is 5.32 Å². The van der Waals surface area contributed by atoms with E-state index in [0.29, 0.717) is 6.04 Å². The van der Waals surface area contributed by atoms with Crippen LogP contribution in [0.5, 0.6) is 0 Å². The van der Waals surface area contributed by atoms with Gasteiger partial charge in [0.1, 0.15) is 0 Å². The van der Waals surface area contributed by atoms with Crippen molar-refractivity contribution in [1.29, 1.82) is 0 Å². The zero-order chi connectivity index (χ0) is 13.1. The van der Waals surface area contributed by atoms with Gasteiger partial charge in [0, 0.05) is 17.5 Å². The molecule has 1 heterocycles. The molecule has 2 nitrogen and oxygen atoms in total. The molecule has 0 bridgehead atoms. The van der Waals surface area contributed by atoms with E-state index in [4.69, 9.17) is 0 Å². The van der Waals surface area contributed by atoms with Crippen LogP contribution in [0.25, 0.3) is 0 Å². The van der Waals surface area contributed by atoms with Crippen molar-refractivity contribution in [3.05, 3.63) is 51.0 Å². The second-order valence-electron chi connectivity index (χ2n) is 4.82. The monoisotopic (exact) mass is 260 g/mol. The molecule has 1 aromatic carbocycles. The molecule has 0 aliphatic rings. The lowest BCUT2D eigenvalue weighted by atomic mass is 10.00. The molecule has 1 N–H and O–H groups in total. The van der Waals surface area contributed by atoms with E-state index in [9.17, 15) is 0 Å². The molecule has 2 rings (SSSR count). The molecule has 0 saturated carbocycles. The Bertz CT molecular complexity index is 531. The highest BCUT2D eigenvalue weighted by Crippen LogP contribution is 2.20. The lowest BCUT2D eigenvalue weighted by molar-refractivity contribution is 0.574. The van der Waals surface area contributed by atoms with E-state index in [1.54, 1.807) is 11.3 Å². The highest BCUT2D eigenvalue weighted by atomic mass is 32.1. The molecule has 96 valence electrons. The molecular formula is C15H20N2S. The third-order valence-electron chi connectivity index (χ3n) is 3.31. The molecule has 0 amide bonds. The fourth-order valence-corrected chi connectivity index (χ4v) is 2.81. The first-order valence-electron chi connectivity index (χ1n) is 6.27. The summed E-state index contributed by atoms with van der Waals surface area (Å²) in [5.41, 5.74) is 7.10. The summed E-state index contributed by atoms with van der Waals surface area (Å²) in [5.74, 6) is 0. The number of rotatable bonds is 4. The zero-order valence-corrected chi connectivity index (χ0v) is 12.3. The van der Waals surface area contributed by atoms with Gasteiger partial charge in [-0.15, -0.1) is 11.3 Å². The van der Waals surface area contributed by atoms with Crippen molar-refractivity contribution in [2.45, 2.75) is 40.3 Å². The first-order valence-corrected chi connectivity index (χ1v) is 7.15. The Balaban J connectivity index is 2.06. The molecule has 0 saturated heterocycles. The van der Waals surface area contributed by atoms with E-state index < -0.39 is 0 Å². The van der Waals surface area contributed by atoms with Gasteiger partial charge in [-0.1, -0.05) is 23.8 Å². The Morgan fingerprint density at radius 3 is 2.72 bits per heavy atom. The highest BCUT2D eigenvalue weighted by Gasteiger charge is 2.09. The minimum absolute atomic E-state index is 0.367. The molecular weight excluding hydrogens is 240 g/mol. The van der Waals surface area contributed by atoms with E-state index in [1.807, 2.05) is 5.51 Å². The van der Waals surface area contributed by atoms with Gasteiger partial charge in [-0.2, -0.15) is 0 Å². The van der Waals surface area contributed by atoms with E-state index in [1.165, 1.54) is 21.6 Å². The fraction of sp³-hybridized carbons (Fsp3) is 0.400. The van der Waals surface area contributed by atoms with E-state index in [-0.39, 0.29) is 0 Å². The molecule has 1 atom stereocenters. The number of nitrogens with zero attached hydrogens (tertiary/aromatic N) is 1. The van der Waals surface area contributed by atoms with Crippen molar-refractivity contribution in [3.8, 4) is 0 Å². The minimum Gasteiger partial charge on any atom is -0.305 e. The van der Waals surface area contributed by atoms with Crippen LogP contribution in [-0.4, -0.2) is 4.98 Å². The van der Waals surface area contributed by atoms with Gasteiger partial charge in [-0.25, -0.2) is 4.98 Å². The molecule has 0 fully saturated rings. The topological polar surface area (TPSA) is 24.9 Å². The lowest BCUT2D eigenvalue weighted by Crippen LogP contribution is -2.19. The van der Waals surface area contributed by atoms with Gasteiger partial charge in [0.25, 0.3) is 0 Å². The van der Waals surface area contributed by atoms with Gasteiger partial charge in [-0.3, -0.25) is 0 Å². The fourth-order valence-electron chi connectivity index (χ4n) is 2.08. The summed E-state index contributed by atoms with van der Waals surface area (Å²) in [4.78, 5) is 5.60. The van der Waals surface area contributed by atoms with Crippen molar-refractivity contribution in [1.82, 2.24) is 10.3 Å². The van der Waals surface area contributed by atoms with E-state index in [0.717, 1.165) is 12.2 Å². The molecule has 3 heteroatoms. The van der Waals surface area contributed by atoms with Crippen LogP contribution in [0.3, 0.4) is 0 Å². The number of hydrogen-bond donors (Lipinski definition) is 1. The molecule has 0 aliphatic carbocycles. The number of thiazole rings is 1. The molecule has 18 heavy (non-hydrogen) atoms. The van der Waals surface area contributed by atoms with E-state index >= 15 is 0 Å². The molecule has 1 unspecified atom stereocenters. The Morgan fingerprint density at radius 1 is 1.28 bits per heavy atom. The van der Waals surface area contributed by atoms with Gasteiger partial charge in [-0.05, 0) is 38.8 Å². The normalized spacial score (nSPS) is 12.7. The SMILES string of the molecule is Cc1ccc(C)c(C(C)NCc2scnc2C)c1. The van der Waals surface area contributed by atoms with Crippen LogP contribution in [0.15, 0.2) is 23.7 Å². The largest absolute Gasteiger partial charge is 0.305 e. The maximum Gasteiger partial charge on any atom is 0.0798 e. The summed E-state index contributed by atoms with van der Waals surface area (Å²) in [6.45, 7) is 9.49. The van der Waals surface area contributed by atoms with Crippen molar-refractivity contribution in [2.75, 3.05) is 0 Å². The van der Waals surface area contributed by atoms with Gasteiger partial charge >= 0.3 is 0 Å². The summed E-state index contributed by atoms with van der Waals surface area (Å²) < 4.78 is 0. The highest BCUT2D eigenvalue weighted by molar-refractivity contribution is 7.09. The molecule has 0 radical (unpaired) electrons. The van der Waals surface area contributed by atoms with Gasteiger partial charge in [0.2, 0.25) is 0 Å². The summed E-state index contributed by atoms with van der Waals surface area (Å²) in [7, 11) is 0. The first-order chi connectivity index (χ1) is 8.58. The minimum atomic E-state index is 0.367. The van der Waals surface area contributed by atoms with Crippen molar-refractivity contribution >= 4 is 11.3 Å². The van der Waals surface area contributed by atoms with Crippen LogP contribution in [0.2, 0.25) is 0 Å². The number of aryl methyl sites for hydroxylation is 3. The summed E-state index contributed by atoms with van der Waals surface area (Å²) >= 11 is 1.72. The van der Waals surface area contributed by atoms with Gasteiger partial charge < -0.3 is 5.32 Å². The Hall–Kier alpha value is -1.19. The smallest absolute Gasteiger partial charge is 0.0798 e. The number of benzene rings is 1. The Kier molecular flexibility index (Phi) is 4.15. The van der Waals surface area contributed by atoms with Gasteiger partial charge in [0.05, 0.1) is 11.2 Å². The average Bonchev–Trinajstić information content (AvgIpc) is 2.75. The number of aromatic nitrogens is 1. The predicted molar refractivity (Wildman–Crippen MR) is 78.0 cm³/mol. The second kappa shape index (κ2) is 5.63. The molecule has 0 aliphatic heterocycles. The molecule has 1 aromatic heterocycles. The van der Waals surface area contributed by atoms with E-state index in [2.05, 4.69) is 56.2 Å². The maximum absolute atomic E-state index is 4.28. The van der Waals surface area contributed by atoms with Gasteiger partial charge in [0.15, 0.2) is 0 Å². The predicted octanol–water partition coefficient (Wildman–Crippen LogP) is 3.92. The Labute approximate surface area is 113 Å². The summed E-state index contributed by atoms with van der Waals surface area (Å²) in [6, 6.07) is 7.00. The van der Waals surface area contributed by atoms with Crippen molar-refractivity contribution in [2.24, 2.45) is 0 Å². The molecule has 0 spiro atoms. The summed E-state index contributed by atoms with van der Waals surface area (Å²) in [6.07, 6.45) is 0. The first kappa shape index (κ1) is 13.2. The molecule has 2 aromatic rings. The third kappa shape index (κ3) is 2.98. The zero-order valence-electron chi connectivity index (χ0n) is 11.4. The van der Waals surface area contributed by atoms with Crippen LogP contribution in [-0.2, 0) is 6.54 Å². The standard InChI is InChI=1S/C15H20N2S/c1-10-5-6-11(2)14(7-10)12(3)16-8-15-13(4)17-9-18-15/h5-7,9,12,16H,8H2,1-4H3. The maximum atomic E-state index is 4.28. The number of hydrogen-bond acceptors (Lipinski definition) is 3. The van der Waals surface area contributed by atoms with Crippen LogP contribution in [0, 0.1) is 20.8 Å². The average molecular weight is 260 g/mol.